The van der Waals surface area contributed by atoms with Gasteiger partial charge in [-0.15, -0.1) is 0 Å². The molecule has 162 valence electrons. The predicted octanol–water partition coefficient (Wildman–Crippen LogP) is 4.40. The van der Waals surface area contributed by atoms with E-state index in [1.807, 2.05) is 0 Å². The SMILES string of the molecule is O=c1oc2c(c(O)c1Cc1cccc(NS(=O)(=O)c3ccccc3)c1)CCCCCC2. The quantitative estimate of drug-likeness (QED) is 0.614. The molecule has 0 aliphatic heterocycles. The van der Waals surface area contributed by atoms with Gasteiger partial charge in [0.05, 0.1) is 10.5 Å². The number of fused-ring (bicyclic) bond motifs is 1. The fraction of sp³-hybridized carbons (Fsp3) is 0.292. The fourth-order valence-corrected chi connectivity index (χ4v) is 5.04. The highest BCUT2D eigenvalue weighted by Crippen LogP contribution is 2.30. The van der Waals surface area contributed by atoms with Crippen LogP contribution in [0.3, 0.4) is 0 Å². The second-order valence-electron chi connectivity index (χ2n) is 7.83. The predicted molar refractivity (Wildman–Crippen MR) is 119 cm³/mol. The van der Waals surface area contributed by atoms with Crippen molar-refractivity contribution in [2.24, 2.45) is 0 Å². The van der Waals surface area contributed by atoms with E-state index in [4.69, 9.17) is 4.42 Å². The first kappa shape index (κ1) is 21.2. The number of sulfonamides is 1. The van der Waals surface area contributed by atoms with Crippen molar-refractivity contribution < 1.29 is 17.9 Å². The number of anilines is 1. The minimum Gasteiger partial charge on any atom is -0.507 e. The minimum atomic E-state index is -3.72. The Kier molecular flexibility index (Phi) is 6.13. The number of hydrogen-bond donors (Lipinski definition) is 2. The van der Waals surface area contributed by atoms with E-state index >= 15 is 0 Å². The maximum Gasteiger partial charge on any atom is 0.343 e. The zero-order chi connectivity index (χ0) is 21.8. The average Bonchev–Trinajstić information content (AvgIpc) is 2.73. The van der Waals surface area contributed by atoms with Gasteiger partial charge in [0.15, 0.2) is 0 Å². The highest BCUT2D eigenvalue weighted by atomic mass is 32.2. The van der Waals surface area contributed by atoms with Crippen molar-refractivity contribution in [1.82, 2.24) is 0 Å². The van der Waals surface area contributed by atoms with Crippen LogP contribution in [0.25, 0.3) is 0 Å². The third-order valence-corrected chi connectivity index (χ3v) is 6.96. The fourth-order valence-electron chi connectivity index (χ4n) is 3.97. The Morgan fingerprint density at radius 3 is 2.45 bits per heavy atom. The van der Waals surface area contributed by atoms with Crippen molar-refractivity contribution in [2.75, 3.05) is 4.72 Å². The van der Waals surface area contributed by atoms with E-state index in [-0.39, 0.29) is 22.6 Å². The van der Waals surface area contributed by atoms with Crippen molar-refractivity contribution >= 4 is 15.7 Å². The molecule has 0 radical (unpaired) electrons. The molecule has 1 aliphatic carbocycles. The van der Waals surface area contributed by atoms with E-state index in [2.05, 4.69) is 4.72 Å². The van der Waals surface area contributed by atoms with Gasteiger partial charge in [-0.3, -0.25) is 4.72 Å². The van der Waals surface area contributed by atoms with E-state index in [9.17, 15) is 18.3 Å². The van der Waals surface area contributed by atoms with Gasteiger partial charge in [-0.05, 0) is 49.1 Å². The third-order valence-electron chi connectivity index (χ3n) is 5.56. The standard InChI is InChI=1S/C24H25NO5S/c26-23-20-13-6-1-2-7-14-22(20)30-24(27)21(23)16-17-9-8-10-18(15-17)25-31(28,29)19-11-4-3-5-12-19/h3-5,8-12,15,25-26H,1-2,6-7,13-14,16H2. The Morgan fingerprint density at radius 2 is 1.68 bits per heavy atom. The number of rotatable bonds is 5. The average molecular weight is 440 g/mol. The Labute approximate surface area is 181 Å². The third kappa shape index (κ3) is 4.82. The molecule has 2 N–H and O–H groups in total. The van der Waals surface area contributed by atoms with E-state index in [1.54, 1.807) is 42.5 Å². The lowest BCUT2D eigenvalue weighted by Gasteiger charge is -2.16. The van der Waals surface area contributed by atoms with Gasteiger partial charge in [0.2, 0.25) is 0 Å². The first-order valence-corrected chi connectivity index (χ1v) is 12.0. The smallest absolute Gasteiger partial charge is 0.343 e. The van der Waals surface area contributed by atoms with Gasteiger partial charge < -0.3 is 9.52 Å². The first-order chi connectivity index (χ1) is 14.9. The highest BCUT2D eigenvalue weighted by Gasteiger charge is 2.21. The largest absolute Gasteiger partial charge is 0.507 e. The zero-order valence-electron chi connectivity index (χ0n) is 17.1. The summed E-state index contributed by atoms with van der Waals surface area (Å²) in [6.07, 6.45) is 5.59. The maximum absolute atomic E-state index is 12.6. The second kappa shape index (κ2) is 8.98. The highest BCUT2D eigenvalue weighted by molar-refractivity contribution is 7.92. The Bertz CT molecular complexity index is 1230. The molecule has 0 saturated carbocycles. The first-order valence-electron chi connectivity index (χ1n) is 10.5. The lowest BCUT2D eigenvalue weighted by atomic mass is 9.95. The summed E-state index contributed by atoms with van der Waals surface area (Å²) in [5.74, 6) is 0.610. The molecule has 0 saturated heterocycles. The van der Waals surface area contributed by atoms with Crippen LogP contribution in [0, 0.1) is 0 Å². The Balaban J connectivity index is 1.61. The van der Waals surface area contributed by atoms with Gasteiger partial charge in [0.25, 0.3) is 10.0 Å². The summed E-state index contributed by atoms with van der Waals surface area (Å²) in [4.78, 5) is 12.7. The van der Waals surface area contributed by atoms with Crippen LogP contribution in [0.4, 0.5) is 5.69 Å². The van der Waals surface area contributed by atoms with Gasteiger partial charge in [0.1, 0.15) is 11.5 Å². The van der Waals surface area contributed by atoms with Crippen LogP contribution >= 0.6 is 0 Å². The second-order valence-corrected chi connectivity index (χ2v) is 9.51. The molecular formula is C24H25NO5S. The lowest BCUT2D eigenvalue weighted by Crippen LogP contribution is -2.15. The molecular weight excluding hydrogens is 414 g/mol. The molecule has 4 rings (SSSR count). The van der Waals surface area contributed by atoms with Crippen LogP contribution in [0.15, 0.2) is 68.7 Å². The van der Waals surface area contributed by atoms with Crippen LogP contribution in [-0.4, -0.2) is 13.5 Å². The van der Waals surface area contributed by atoms with Crippen molar-refractivity contribution in [3.05, 3.63) is 87.5 Å². The number of nitrogens with one attached hydrogen (secondary N) is 1. The molecule has 31 heavy (non-hydrogen) atoms. The molecule has 0 unspecified atom stereocenters. The molecule has 7 heteroatoms. The van der Waals surface area contributed by atoms with Crippen LogP contribution in [0.2, 0.25) is 0 Å². The van der Waals surface area contributed by atoms with Gasteiger partial charge in [-0.25, -0.2) is 13.2 Å². The summed E-state index contributed by atoms with van der Waals surface area (Å²) < 4.78 is 33.3. The molecule has 0 atom stereocenters. The molecule has 1 heterocycles. The minimum absolute atomic E-state index is 0.0171. The topological polar surface area (TPSA) is 96.6 Å². The Morgan fingerprint density at radius 1 is 0.935 bits per heavy atom. The van der Waals surface area contributed by atoms with E-state index in [1.165, 1.54) is 12.1 Å². The molecule has 3 aromatic rings. The van der Waals surface area contributed by atoms with Gasteiger partial charge in [-0.2, -0.15) is 0 Å². The number of hydrogen-bond acceptors (Lipinski definition) is 5. The van der Waals surface area contributed by atoms with Gasteiger partial charge in [-0.1, -0.05) is 43.2 Å². The van der Waals surface area contributed by atoms with Crippen LogP contribution in [0.5, 0.6) is 5.75 Å². The molecule has 0 fully saturated rings. The summed E-state index contributed by atoms with van der Waals surface area (Å²) in [5.41, 5.74) is 1.49. The molecule has 2 aromatic carbocycles. The van der Waals surface area contributed by atoms with E-state index in [0.29, 0.717) is 29.9 Å². The maximum atomic E-state index is 12.6. The number of aryl methyl sites for hydroxylation is 1. The number of benzene rings is 2. The summed E-state index contributed by atoms with van der Waals surface area (Å²) in [6, 6.07) is 14.9. The molecule has 0 bridgehead atoms. The molecule has 6 nitrogen and oxygen atoms in total. The lowest BCUT2D eigenvalue weighted by molar-refractivity contribution is 0.390. The summed E-state index contributed by atoms with van der Waals surface area (Å²) >= 11 is 0. The van der Waals surface area contributed by atoms with Gasteiger partial charge in [0, 0.05) is 24.1 Å². The van der Waals surface area contributed by atoms with Crippen LogP contribution in [-0.2, 0) is 29.3 Å². The van der Waals surface area contributed by atoms with Crippen LogP contribution in [0.1, 0.15) is 48.1 Å². The zero-order valence-corrected chi connectivity index (χ0v) is 18.0. The summed E-state index contributed by atoms with van der Waals surface area (Å²) in [5, 5.41) is 10.8. The van der Waals surface area contributed by atoms with Crippen molar-refractivity contribution in [3.8, 4) is 5.75 Å². The van der Waals surface area contributed by atoms with Crippen LogP contribution < -0.4 is 10.3 Å². The van der Waals surface area contributed by atoms with Crippen molar-refractivity contribution in [3.63, 3.8) is 0 Å². The normalized spacial score (nSPS) is 14.3. The molecule has 1 aromatic heterocycles. The van der Waals surface area contributed by atoms with E-state index in [0.717, 1.165) is 31.2 Å². The summed E-state index contributed by atoms with van der Waals surface area (Å²) in [6.45, 7) is 0. The number of aromatic hydroxyl groups is 1. The van der Waals surface area contributed by atoms with Crippen molar-refractivity contribution in [1.29, 1.82) is 0 Å². The van der Waals surface area contributed by atoms with Crippen molar-refractivity contribution in [2.45, 2.75) is 49.8 Å². The summed E-state index contributed by atoms with van der Waals surface area (Å²) in [7, 11) is -3.72. The van der Waals surface area contributed by atoms with Gasteiger partial charge >= 0.3 is 5.63 Å². The molecule has 0 amide bonds. The Hall–Kier alpha value is -3.06. The molecule has 0 spiro atoms. The monoisotopic (exact) mass is 439 g/mol. The van der Waals surface area contributed by atoms with E-state index < -0.39 is 15.6 Å². The molecule has 1 aliphatic rings.